The maximum Gasteiger partial charge on any atom is 0.213 e. The van der Waals surface area contributed by atoms with E-state index >= 15 is 0 Å². The molecule has 1 aliphatic rings. The van der Waals surface area contributed by atoms with Gasteiger partial charge in [0.25, 0.3) is 0 Å². The topological polar surface area (TPSA) is 65.8 Å². The Morgan fingerprint density at radius 3 is 2.72 bits per heavy atom. The first-order valence-corrected chi connectivity index (χ1v) is 10.0. The van der Waals surface area contributed by atoms with Gasteiger partial charge < -0.3 is 19.8 Å². The van der Waals surface area contributed by atoms with E-state index in [1.807, 2.05) is 48.5 Å². The smallest absolute Gasteiger partial charge is 0.213 e. The second kappa shape index (κ2) is 8.82. The number of aliphatic hydroxyl groups is 2. The molecule has 1 fully saturated rings. The third-order valence-electron chi connectivity index (χ3n) is 5.20. The number of ether oxygens (including phenoxy) is 1. The van der Waals surface area contributed by atoms with E-state index < -0.39 is 6.10 Å². The summed E-state index contributed by atoms with van der Waals surface area (Å²) in [6, 6.07) is 18.5. The summed E-state index contributed by atoms with van der Waals surface area (Å²) >= 11 is 6.22. The molecule has 1 unspecified atom stereocenters. The Morgan fingerprint density at radius 1 is 1.14 bits per heavy atom. The van der Waals surface area contributed by atoms with Crippen molar-refractivity contribution in [3.8, 4) is 5.88 Å². The summed E-state index contributed by atoms with van der Waals surface area (Å²) in [7, 11) is 0. The molecule has 3 aromatic rings. The van der Waals surface area contributed by atoms with Crippen LogP contribution in [0.2, 0.25) is 5.02 Å². The van der Waals surface area contributed by atoms with Crippen molar-refractivity contribution in [3.05, 3.63) is 88.6 Å². The molecule has 0 amide bonds. The predicted molar refractivity (Wildman–Crippen MR) is 113 cm³/mol. The molecule has 29 heavy (non-hydrogen) atoms. The number of anilines is 1. The summed E-state index contributed by atoms with van der Waals surface area (Å²) in [5.74, 6) is 0.625. The maximum absolute atomic E-state index is 10.7. The molecule has 0 spiro atoms. The van der Waals surface area contributed by atoms with Crippen LogP contribution in [0.25, 0.3) is 0 Å². The molecule has 0 saturated carbocycles. The SMILES string of the molecule is OCc1cc(C(O)c2ccccc2Cl)ccc1N1CC[C@H](Oc2ccccn2)C1. The van der Waals surface area contributed by atoms with Gasteiger partial charge in [0.05, 0.1) is 13.2 Å². The van der Waals surface area contributed by atoms with Crippen molar-refractivity contribution < 1.29 is 14.9 Å². The highest BCUT2D eigenvalue weighted by atomic mass is 35.5. The van der Waals surface area contributed by atoms with Gasteiger partial charge in [-0.2, -0.15) is 0 Å². The highest BCUT2D eigenvalue weighted by Gasteiger charge is 2.26. The molecule has 1 aromatic heterocycles. The first-order valence-electron chi connectivity index (χ1n) is 9.64. The van der Waals surface area contributed by atoms with Crippen LogP contribution in [0.1, 0.15) is 29.2 Å². The Bertz CT molecular complexity index is 967. The van der Waals surface area contributed by atoms with Crippen molar-refractivity contribution in [2.75, 3.05) is 18.0 Å². The number of nitrogens with zero attached hydrogens (tertiary/aromatic N) is 2. The lowest BCUT2D eigenvalue weighted by atomic mass is 9.98. The van der Waals surface area contributed by atoms with E-state index in [1.54, 1.807) is 18.3 Å². The van der Waals surface area contributed by atoms with E-state index in [0.29, 0.717) is 22.0 Å². The van der Waals surface area contributed by atoms with Gasteiger partial charge in [-0.15, -0.1) is 0 Å². The maximum atomic E-state index is 10.7. The molecule has 2 heterocycles. The predicted octanol–water partition coefficient (Wildman–Crippen LogP) is 3.97. The van der Waals surface area contributed by atoms with Crippen LogP contribution in [-0.4, -0.2) is 34.4 Å². The van der Waals surface area contributed by atoms with Gasteiger partial charge in [0.1, 0.15) is 12.2 Å². The third-order valence-corrected chi connectivity index (χ3v) is 5.54. The van der Waals surface area contributed by atoms with Crippen LogP contribution < -0.4 is 9.64 Å². The normalized spacial score (nSPS) is 17.3. The van der Waals surface area contributed by atoms with Crippen LogP contribution in [0.5, 0.6) is 5.88 Å². The number of halogens is 1. The molecule has 0 aliphatic carbocycles. The van der Waals surface area contributed by atoms with Crippen molar-refractivity contribution in [1.82, 2.24) is 4.98 Å². The van der Waals surface area contributed by atoms with E-state index in [1.165, 1.54) is 0 Å². The molecule has 5 nitrogen and oxygen atoms in total. The molecule has 6 heteroatoms. The standard InChI is InChI=1S/C23H23ClN2O3/c24-20-6-2-1-5-19(20)23(28)16-8-9-21(17(13-16)15-27)26-12-10-18(14-26)29-22-7-3-4-11-25-22/h1-9,11,13,18,23,27-28H,10,12,14-15H2/t18-,23?/m0/s1. The number of benzene rings is 2. The number of hydrogen-bond donors (Lipinski definition) is 2. The number of rotatable bonds is 6. The molecular weight excluding hydrogens is 388 g/mol. The monoisotopic (exact) mass is 410 g/mol. The average Bonchev–Trinajstić information content (AvgIpc) is 3.22. The first-order chi connectivity index (χ1) is 14.2. The quantitative estimate of drug-likeness (QED) is 0.643. The highest BCUT2D eigenvalue weighted by Crippen LogP contribution is 2.33. The lowest BCUT2D eigenvalue weighted by Crippen LogP contribution is -2.25. The summed E-state index contributed by atoms with van der Waals surface area (Å²) in [4.78, 5) is 6.42. The number of pyridine rings is 1. The Hall–Kier alpha value is -2.60. The van der Waals surface area contributed by atoms with Gasteiger partial charge in [-0.25, -0.2) is 4.98 Å². The van der Waals surface area contributed by atoms with Gasteiger partial charge in [-0.05, 0) is 29.8 Å². The van der Waals surface area contributed by atoms with E-state index in [9.17, 15) is 10.2 Å². The fraction of sp³-hybridized carbons (Fsp3) is 0.261. The van der Waals surface area contributed by atoms with Crippen molar-refractivity contribution in [2.45, 2.75) is 25.2 Å². The minimum absolute atomic E-state index is 0.0461. The zero-order valence-corrected chi connectivity index (χ0v) is 16.7. The molecule has 4 rings (SSSR count). The molecule has 2 N–H and O–H groups in total. The van der Waals surface area contributed by atoms with Gasteiger partial charge >= 0.3 is 0 Å². The summed E-state index contributed by atoms with van der Waals surface area (Å²) in [6.45, 7) is 1.44. The lowest BCUT2D eigenvalue weighted by molar-refractivity contribution is 0.215. The van der Waals surface area contributed by atoms with Crippen molar-refractivity contribution in [1.29, 1.82) is 0 Å². The van der Waals surface area contributed by atoms with Crippen LogP contribution in [-0.2, 0) is 6.61 Å². The Balaban J connectivity index is 1.51. The van der Waals surface area contributed by atoms with E-state index in [0.717, 1.165) is 30.8 Å². The summed E-state index contributed by atoms with van der Waals surface area (Å²) in [6.07, 6.45) is 1.80. The van der Waals surface area contributed by atoms with Gasteiger partial charge in [-0.1, -0.05) is 41.9 Å². The molecule has 150 valence electrons. The zero-order valence-electron chi connectivity index (χ0n) is 15.9. The van der Waals surface area contributed by atoms with Crippen LogP contribution in [0.3, 0.4) is 0 Å². The van der Waals surface area contributed by atoms with Crippen LogP contribution in [0.15, 0.2) is 66.9 Å². The third kappa shape index (κ3) is 4.37. The molecule has 1 saturated heterocycles. The van der Waals surface area contributed by atoms with E-state index in [2.05, 4.69) is 9.88 Å². The molecule has 0 bridgehead atoms. The number of aromatic nitrogens is 1. The van der Waals surface area contributed by atoms with Crippen LogP contribution >= 0.6 is 11.6 Å². The zero-order chi connectivity index (χ0) is 20.2. The highest BCUT2D eigenvalue weighted by molar-refractivity contribution is 6.31. The summed E-state index contributed by atoms with van der Waals surface area (Å²) < 4.78 is 5.96. The fourth-order valence-electron chi connectivity index (χ4n) is 3.72. The largest absolute Gasteiger partial charge is 0.472 e. The lowest BCUT2D eigenvalue weighted by Gasteiger charge is -2.23. The second-order valence-electron chi connectivity index (χ2n) is 7.11. The van der Waals surface area contributed by atoms with E-state index in [4.69, 9.17) is 16.3 Å². The van der Waals surface area contributed by atoms with E-state index in [-0.39, 0.29) is 12.7 Å². The number of aliphatic hydroxyl groups excluding tert-OH is 2. The van der Waals surface area contributed by atoms with Crippen molar-refractivity contribution in [3.63, 3.8) is 0 Å². The Morgan fingerprint density at radius 2 is 1.97 bits per heavy atom. The Labute approximate surface area is 175 Å². The molecule has 2 atom stereocenters. The Kier molecular flexibility index (Phi) is 6.00. The second-order valence-corrected chi connectivity index (χ2v) is 7.52. The summed E-state index contributed by atoms with van der Waals surface area (Å²) in [5.41, 5.74) is 3.07. The molecule has 1 aliphatic heterocycles. The van der Waals surface area contributed by atoms with Gasteiger partial charge in [0, 0.05) is 47.1 Å². The molecule has 0 radical (unpaired) electrons. The van der Waals surface area contributed by atoms with Gasteiger partial charge in [0.15, 0.2) is 0 Å². The minimum atomic E-state index is -0.845. The van der Waals surface area contributed by atoms with Crippen molar-refractivity contribution >= 4 is 17.3 Å². The van der Waals surface area contributed by atoms with Gasteiger partial charge in [0.2, 0.25) is 5.88 Å². The van der Waals surface area contributed by atoms with Crippen molar-refractivity contribution in [2.24, 2.45) is 0 Å². The summed E-state index contributed by atoms with van der Waals surface area (Å²) in [5, 5.41) is 21.2. The number of hydrogen-bond acceptors (Lipinski definition) is 5. The van der Waals surface area contributed by atoms with Crippen LogP contribution in [0, 0.1) is 0 Å². The average molecular weight is 411 g/mol. The van der Waals surface area contributed by atoms with Crippen LogP contribution in [0.4, 0.5) is 5.69 Å². The first kappa shape index (κ1) is 19.7. The van der Waals surface area contributed by atoms with Gasteiger partial charge in [-0.3, -0.25) is 0 Å². The minimum Gasteiger partial charge on any atom is -0.472 e. The molecule has 2 aromatic carbocycles. The fourth-order valence-corrected chi connectivity index (χ4v) is 3.96. The molecular formula is C23H23ClN2O3.